The summed E-state index contributed by atoms with van der Waals surface area (Å²) in [5.74, 6) is 2.04. The Bertz CT molecular complexity index is 1140. The maximum Gasteiger partial charge on any atom is 0.222 e. The molecule has 2 aliphatic rings. The number of pyridine rings is 1. The van der Waals surface area contributed by atoms with Crippen molar-refractivity contribution in [2.24, 2.45) is 13.0 Å². The van der Waals surface area contributed by atoms with Crippen LogP contribution < -0.4 is 10.6 Å². The van der Waals surface area contributed by atoms with Gasteiger partial charge in [0.25, 0.3) is 0 Å². The van der Waals surface area contributed by atoms with Crippen molar-refractivity contribution in [2.75, 3.05) is 30.3 Å². The van der Waals surface area contributed by atoms with Crippen LogP contribution in [0, 0.1) is 5.92 Å². The molecule has 1 aliphatic heterocycles. The molecular weight excluding hydrogens is 412 g/mol. The Labute approximate surface area is 195 Å². The number of rotatable bonds is 7. The summed E-state index contributed by atoms with van der Waals surface area (Å²) in [6.07, 6.45) is 9.74. The highest BCUT2D eigenvalue weighted by molar-refractivity contribution is 5.98. The van der Waals surface area contributed by atoms with Gasteiger partial charge in [-0.05, 0) is 67.8 Å². The zero-order valence-electron chi connectivity index (χ0n) is 19.7. The molecule has 174 valence electrons. The van der Waals surface area contributed by atoms with Crippen LogP contribution in [0.2, 0.25) is 0 Å². The molecule has 1 saturated carbocycles. The molecule has 0 spiro atoms. The van der Waals surface area contributed by atoms with E-state index in [0.29, 0.717) is 5.82 Å². The van der Waals surface area contributed by atoms with Gasteiger partial charge in [-0.2, -0.15) is 5.10 Å². The molecule has 0 radical (unpaired) electrons. The number of benzene rings is 1. The van der Waals surface area contributed by atoms with E-state index in [1.54, 1.807) is 0 Å². The quantitative estimate of drug-likeness (QED) is 0.546. The molecule has 2 fully saturated rings. The number of nitrogens with zero attached hydrogens (tertiary/aromatic N) is 4. The van der Waals surface area contributed by atoms with Gasteiger partial charge < -0.3 is 10.6 Å². The summed E-state index contributed by atoms with van der Waals surface area (Å²) in [6.45, 7) is 5.68. The van der Waals surface area contributed by atoms with E-state index in [2.05, 4.69) is 38.8 Å². The fourth-order valence-corrected chi connectivity index (χ4v) is 4.96. The molecule has 0 atom stereocenters. The Morgan fingerprint density at radius 2 is 1.94 bits per heavy atom. The van der Waals surface area contributed by atoms with Crippen molar-refractivity contribution in [1.82, 2.24) is 19.7 Å². The molecule has 7 nitrogen and oxygen atoms in total. The van der Waals surface area contributed by atoms with E-state index in [9.17, 15) is 4.79 Å². The number of fused-ring (bicyclic) bond motifs is 1. The molecule has 3 heterocycles. The maximum absolute atomic E-state index is 11.7. The highest BCUT2D eigenvalue weighted by Gasteiger charge is 2.19. The van der Waals surface area contributed by atoms with E-state index in [0.717, 1.165) is 54.3 Å². The number of likely N-dealkylation sites (tertiary alicyclic amines) is 1. The number of nitrogens with one attached hydrogen (secondary N) is 2. The average Bonchev–Trinajstić information content (AvgIpc) is 3.12. The third-order valence-corrected chi connectivity index (χ3v) is 7.11. The summed E-state index contributed by atoms with van der Waals surface area (Å²) in [5, 5.41) is 13.1. The average molecular weight is 447 g/mol. The van der Waals surface area contributed by atoms with Gasteiger partial charge in [-0.1, -0.05) is 25.0 Å². The second-order valence-corrected chi connectivity index (χ2v) is 9.62. The molecule has 0 bridgehead atoms. The van der Waals surface area contributed by atoms with Crippen LogP contribution in [0.1, 0.15) is 51.1 Å². The smallest absolute Gasteiger partial charge is 0.222 e. The van der Waals surface area contributed by atoms with Crippen LogP contribution in [0.5, 0.6) is 0 Å². The highest BCUT2D eigenvalue weighted by atomic mass is 16.1. The predicted octanol–water partition coefficient (Wildman–Crippen LogP) is 4.79. The first-order valence-electron chi connectivity index (χ1n) is 12.3. The van der Waals surface area contributed by atoms with Gasteiger partial charge in [0, 0.05) is 38.0 Å². The number of hydrogen-bond acceptors (Lipinski definition) is 5. The number of amides is 1. The number of anilines is 2. The molecule has 2 aromatic heterocycles. The first-order valence-corrected chi connectivity index (χ1v) is 12.3. The lowest BCUT2D eigenvalue weighted by Crippen LogP contribution is -2.30. The lowest BCUT2D eigenvalue weighted by atomic mass is 9.85. The van der Waals surface area contributed by atoms with Crippen LogP contribution in [-0.4, -0.2) is 45.2 Å². The van der Waals surface area contributed by atoms with Crippen LogP contribution in [0.15, 0.2) is 30.5 Å². The van der Waals surface area contributed by atoms with E-state index in [1.807, 2.05) is 24.0 Å². The van der Waals surface area contributed by atoms with Crippen molar-refractivity contribution in [3.8, 4) is 11.1 Å². The number of carbonyl (C=O) groups is 1. The highest BCUT2D eigenvalue weighted by Crippen LogP contribution is 2.33. The van der Waals surface area contributed by atoms with Crippen molar-refractivity contribution >= 4 is 28.3 Å². The van der Waals surface area contributed by atoms with E-state index >= 15 is 0 Å². The minimum Gasteiger partial charge on any atom is -0.369 e. The second kappa shape index (κ2) is 9.51. The molecule has 33 heavy (non-hydrogen) atoms. The Kier molecular flexibility index (Phi) is 6.31. The first kappa shape index (κ1) is 21.9. The molecule has 5 rings (SSSR count). The number of carbonyl (C=O) groups excluding carboxylic acids is 1. The zero-order valence-corrected chi connectivity index (χ0v) is 19.7. The summed E-state index contributed by atoms with van der Waals surface area (Å²) in [4.78, 5) is 19.0. The third kappa shape index (κ3) is 4.88. The lowest BCUT2D eigenvalue weighted by Gasteiger charge is -2.27. The van der Waals surface area contributed by atoms with Crippen molar-refractivity contribution in [2.45, 2.75) is 52.0 Å². The molecule has 1 aliphatic carbocycles. The van der Waals surface area contributed by atoms with E-state index in [1.165, 1.54) is 56.7 Å². The fourth-order valence-electron chi connectivity index (χ4n) is 4.96. The Morgan fingerprint density at radius 1 is 1.12 bits per heavy atom. The zero-order chi connectivity index (χ0) is 22.8. The largest absolute Gasteiger partial charge is 0.369 e. The van der Waals surface area contributed by atoms with Gasteiger partial charge in [-0.15, -0.1) is 0 Å². The van der Waals surface area contributed by atoms with Crippen LogP contribution >= 0.6 is 0 Å². The predicted molar refractivity (Wildman–Crippen MR) is 133 cm³/mol. The normalized spacial score (nSPS) is 17.2. The molecule has 1 aromatic carbocycles. The summed E-state index contributed by atoms with van der Waals surface area (Å²) in [5.41, 5.74) is 3.56. The summed E-state index contributed by atoms with van der Waals surface area (Å²) in [7, 11) is 2.03. The first-order chi connectivity index (χ1) is 16.1. The monoisotopic (exact) mass is 446 g/mol. The van der Waals surface area contributed by atoms with Crippen molar-refractivity contribution in [3.05, 3.63) is 36.2 Å². The van der Waals surface area contributed by atoms with Crippen LogP contribution in [0.3, 0.4) is 0 Å². The summed E-state index contributed by atoms with van der Waals surface area (Å²) < 4.78 is 2.01. The standard InChI is InChI=1S/C26H34N6O/c1-18(33)29-25-14-21-13-20(9-10-22(21)26(30-25)27-15-19-7-6-8-19)23-16-28-31(2)24(23)17-32-11-4-3-5-12-32/h9-10,13-14,16,19H,3-8,11-12,15,17H2,1-2H3,(H2,27,29,30,33). The van der Waals surface area contributed by atoms with Gasteiger partial charge in [-0.25, -0.2) is 4.98 Å². The van der Waals surface area contributed by atoms with Gasteiger partial charge in [-0.3, -0.25) is 14.4 Å². The van der Waals surface area contributed by atoms with Gasteiger partial charge in [0.1, 0.15) is 11.6 Å². The second-order valence-electron chi connectivity index (χ2n) is 9.62. The fraction of sp³-hybridized carbons (Fsp3) is 0.500. The molecule has 1 saturated heterocycles. The minimum atomic E-state index is -0.112. The minimum absolute atomic E-state index is 0.112. The van der Waals surface area contributed by atoms with Gasteiger partial charge >= 0.3 is 0 Å². The summed E-state index contributed by atoms with van der Waals surface area (Å²) in [6, 6.07) is 8.49. The number of piperidine rings is 1. The molecule has 1 amide bonds. The SMILES string of the molecule is CC(=O)Nc1cc2cc(-c3cnn(C)c3CN3CCCCC3)ccc2c(NCC2CCC2)n1. The number of hydrogen-bond donors (Lipinski definition) is 2. The van der Waals surface area contributed by atoms with Gasteiger partial charge in [0.05, 0.1) is 11.9 Å². The maximum atomic E-state index is 11.7. The van der Waals surface area contributed by atoms with Crippen LogP contribution in [-0.2, 0) is 18.4 Å². The van der Waals surface area contributed by atoms with Crippen LogP contribution in [0.4, 0.5) is 11.6 Å². The topological polar surface area (TPSA) is 75.1 Å². The lowest BCUT2D eigenvalue weighted by molar-refractivity contribution is -0.114. The Hall–Kier alpha value is -2.93. The molecular formula is C26H34N6O. The molecule has 2 N–H and O–H groups in total. The van der Waals surface area contributed by atoms with Crippen LogP contribution in [0.25, 0.3) is 21.9 Å². The Balaban J connectivity index is 1.48. The van der Waals surface area contributed by atoms with Crippen molar-refractivity contribution < 1.29 is 4.79 Å². The summed E-state index contributed by atoms with van der Waals surface area (Å²) >= 11 is 0. The van der Waals surface area contributed by atoms with Gasteiger partial charge in [0.15, 0.2) is 0 Å². The van der Waals surface area contributed by atoms with Crippen molar-refractivity contribution in [1.29, 1.82) is 0 Å². The van der Waals surface area contributed by atoms with Crippen molar-refractivity contribution in [3.63, 3.8) is 0 Å². The molecule has 3 aromatic rings. The molecule has 0 unspecified atom stereocenters. The number of aryl methyl sites for hydroxylation is 1. The van der Waals surface area contributed by atoms with E-state index < -0.39 is 0 Å². The third-order valence-electron chi connectivity index (χ3n) is 7.11. The molecule has 7 heteroatoms. The number of aromatic nitrogens is 3. The van der Waals surface area contributed by atoms with E-state index in [-0.39, 0.29) is 5.91 Å². The van der Waals surface area contributed by atoms with E-state index in [4.69, 9.17) is 4.98 Å². The Morgan fingerprint density at radius 3 is 2.67 bits per heavy atom. The van der Waals surface area contributed by atoms with Gasteiger partial charge in [0.2, 0.25) is 5.91 Å².